The minimum Gasteiger partial charge on any atom is -0.494 e. The second kappa shape index (κ2) is 4.56. The highest BCUT2D eigenvalue weighted by Crippen LogP contribution is 2.33. The van der Waals surface area contributed by atoms with Gasteiger partial charge in [0.2, 0.25) is 0 Å². The number of benzene rings is 1. The third-order valence-electron chi connectivity index (χ3n) is 2.76. The highest BCUT2D eigenvalue weighted by Gasteiger charge is 2.13. The number of hydrogen-bond acceptors (Lipinski definition) is 2. The molecule has 0 aliphatic heterocycles. The van der Waals surface area contributed by atoms with Crippen molar-refractivity contribution in [2.24, 2.45) is 0 Å². The van der Waals surface area contributed by atoms with E-state index in [0.29, 0.717) is 6.04 Å². The fourth-order valence-electron chi connectivity index (χ4n) is 1.74. The molecule has 0 heterocycles. The molecule has 0 N–H and O–H groups in total. The van der Waals surface area contributed by atoms with Crippen molar-refractivity contribution in [3.8, 4) is 5.75 Å². The van der Waals surface area contributed by atoms with Crippen molar-refractivity contribution in [3.05, 3.63) is 23.3 Å². The van der Waals surface area contributed by atoms with Crippen LogP contribution in [0.3, 0.4) is 0 Å². The zero-order valence-electron chi connectivity index (χ0n) is 10.6. The van der Waals surface area contributed by atoms with Gasteiger partial charge >= 0.3 is 0 Å². The number of rotatable bonds is 3. The van der Waals surface area contributed by atoms with Crippen molar-refractivity contribution < 1.29 is 4.74 Å². The van der Waals surface area contributed by atoms with Gasteiger partial charge in [-0.15, -0.1) is 0 Å². The van der Waals surface area contributed by atoms with Crippen LogP contribution >= 0.6 is 0 Å². The second-order valence-corrected chi connectivity index (χ2v) is 4.34. The van der Waals surface area contributed by atoms with Crippen LogP contribution in [-0.2, 0) is 0 Å². The minimum absolute atomic E-state index is 0.472. The van der Waals surface area contributed by atoms with E-state index in [1.54, 1.807) is 7.11 Å². The molecule has 84 valence electrons. The monoisotopic (exact) mass is 207 g/mol. The van der Waals surface area contributed by atoms with E-state index in [1.807, 2.05) is 0 Å². The van der Waals surface area contributed by atoms with Crippen molar-refractivity contribution in [1.82, 2.24) is 0 Å². The number of aryl methyl sites for hydroxylation is 2. The first kappa shape index (κ1) is 11.9. The van der Waals surface area contributed by atoms with Crippen molar-refractivity contribution >= 4 is 5.69 Å². The number of nitrogens with zero attached hydrogens (tertiary/aromatic N) is 1. The summed E-state index contributed by atoms with van der Waals surface area (Å²) in [6, 6.07) is 4.79. The van der Waals surface area contributed by atoms with Crippen LogP contribution in [0.2, 0.25) is 0 Å². The Balaban J connectivity index is 3.26. The Hall–Kier alpha value is -1.18. The first-order chi connectivity index (χ1) is 6.97. The van der Waals surface area contributed by atoms with Gasteiger partial charge in [-0.25, -0.2) is 0 Å². The summed E-state index contributed by atoms with van der Waals surface area (Å²) in [4.78, 5) is 2.23. The molecule has 1 aromatic rings. The highest BCUT2D eigenvalue weighted by atomic mass is 16.5. The smallest absolute Gasteiger partial charge is 0.145 e. The molecule has 0 aliphatic rings. The van der Waals surface area contributed by atoms with Gasteiger partial charge in [-0.1, -0.05) is 6.07 Å². The predicted molar refractivity (Wildman–Crippen MR) is 66.0 cm³/mol. The Kier molecular flexibility index (Phi) is 3.61. The van der Waals surface area contributed by atoms with Crippen LogP contribution in [0.4, 0.5) is 5.69 Å². The molecule has 0 saturated heterocycles. The molecule has 0 bridgehead atoms. The van der Waals surface area contributed by atoms with E-state index in [1.165, 1.54) is 16.8 Å². The van der Waals surface area contributed by atoms with E-state index in [9.17, 15) is 0 Å². The molecular formula is C13H21NO. The number of ether oxygens (including phenoxy) is 1. The molecule has 15 heavy (non-hydrogen) atoms. The summed E-state index contributed by atoms with van der Waals surface area (Å²) >= 11 is 0. The maximum absolute atomic E-state index is 5.46. The second-order valence-electron chi connectivity index (χ2n) is 4.34. The maximum Gasteiger partial charge on any atom is 0.145 e. The molecule has 1 aromatic carbocycles. The maximum atomic E-state index is 5.46. The molecule has 0 radical (unpaired) electrons. The van der Waals surface area contributed by atoms with Crippen LogP contribution in [0.15, 0.2) is 12.1 Å². The standard InChI is InChI=1S/C13H21NO/c1-9(2)14(5)12-8-10(3)7-11(4)13(12)15-6/h7-9H,1-6H3. The Labute approximate surface area is 92.9 Å². The highest BCUT2D eigenvalue weighted by molar-refractivity contribution is 5.63. The van der Waals surface area contributed by atoms with E-state index in [4.69, 9.17) is 4.74 Å². The van der Waals surface area contributed by atoms with Gasteiger partial charge < -0.3 is 9.64 Å². The molecule has 0 fully saturated rings. The third kappa shape index (κ3) is 2.44. The summed E-state index contributed by atoms with van der Waals surface area (Å²) in [5, 5.41) is 0. The molecule has 0 aliphatic carbocycles. The Morgan fingerprint density at radius 1 is 1.20 bits per heavy atom. The van der Waals surface area contributed by atoms with E-state index in [2.05, 4.69) is 51.8 Å². The molecule has 2 nitrogen and oxygen atoms in total. The fourth-order valence-corrected chi connectivity index (χ4v) is 1.74. The van der Waals surface area contributed by atoms with E-state index in [-0.39, 0.29) is 0 Å². The molecule has 0 aromatic heterocycles. The Morgan fingerprint density at radius 2 is 1.80 bits per heavy atom. The van der Waals surface area contributed by atoms with Gasteiger partial charge in [0.1, 0.15) is 5.75 Å². The lowest BCUT2D eigenvalue weighted by Crippen LogP contribution is -2.26. The Bertz CT molecular complexity index is 345. The van der Waals surface area contributed by atoms with Crippen LogP contribution < -0.4 is 9.64 Å². The fraction of sp³-hybridized carbons (Fsp3) is 0.538. The van der Waals surface area contributed by atoms with Crippen LogP contribution in [0.5, 0.6) is 5.75 Å². The molecule has 0 amide bonds. The number of methoxy groups -OCH3 is 1. The zero-order chi connectivity index (χ0) is 11.6. The largest absolute Gasteiger partial charge is 0.494 e. The normalized spacial score (nSPS) is 10.6. The quantitative estimate of drug-likeness (QED) is 0.755. The topological polar surface area (TPSA) is 12.5 Å². The average Bonchev–Trinajstić information content (AvgIpc) is 2.15. The van der Waals surface area contributed by atoms with Crippen molar-refractivity contribution in [2.75, 3.05) is 19.1 Å². The number of hydrogen-bond donors (Lipinski definition) is 0. The lowest BCUT2D eigenvalue weighted by atomic mass is 10.1. The summed E-state index contributed by atoms with van der Waals surface area (Å²) in [5.41, 5.74) is 3.64. The third-order valence-corrected chi connectivity index (χ3v) is 2.76. The summed E-state index contributed by atoms with van der Waals surface area (Å²) in [6.45, 7) is 8.56. The SMILES string of the molecule is COc1c(C)cc(C)cc1N(C)C(C)C. The molecule has 2 heteroatoms. The van der Waals surface area contributed by atoms with Crippen LogP contribution in [0.1, 0.15) is 25.0 Å². The van der Waals surface area contributed by atoms with Crippen LogP contribution in [0, 0.1) is 13.8 Å². The molecule has 0 unspecified atom stereocenters. The summed E-state index contributed by atoms with van der Waals surface area (Å²) in [7, 11) is 3.83. The molecule has 1 rings (SSSR count). The van der Waals surface area contributed by atoms with E-state index in [0.717, 1.165) is 5.75 Å². The van der Waals surface area contributed by atoms with Gasteiger partial charge in [0, 0.05) is 13.1 Å². The van der Waals surface area contributed by atoms with Gasteiger partial charge in [0.25, 0.3) is 0 Å². The number of anilines is 1. The first-order valence-electron chi connectivity index (χ1n) is 5.35. The lowest BCUT2D eigenvalue weighted by Gasteiger charge is -2.27. The first-order valence-corrected chi connectivity index (χ1v) is 5.35. The Morgan fingerprint density at radius 3 is 2.27 bits per heavy atom. The lowest BCUT2D eigenvalue weighted by molar-refractivity contribution is 0.411. The zero-order valence-corrected chi connectivity index (χ0v) is 10.6. The van der Waals surface area contributed by atoms with Crippen molar-refractivity contribution in [3.63, 3.8) is 0 Å². The van der Waals surface area contributed by atoms with Crippen molar-refractivity contribution in [1.29, 1.82) is 0 Å². The summed E-state index contributed by atoms with van der Waals surface area (Å²) in [5.74, 6) is 0.983. The molecule has 0 saturated carbocycles. The average molecular weight is 207 g/mol. The summed E-state index contributed by atoms with van der Waals surface area (Å²) < 4.78 is 5.46. The van der Waals surface area contributed by atoms with Gasteiger partial charge in [0.15, 0.2) is 0 Å². The summed E-state index contributed by atoms with van der Waals surface area (Å²) in [6.07, 6.45) is 0. The van der Waals surface area contributed by atoms with Crippen LogP contribution in [0.25, 0.3) is 0 Å². The van der Waals surface area contributed by atoms with Crippen LogP contribution in [-0.4, -0.2) is 20.2 Å². The van der Waals surface area contributed by atoms with Gasteiger partial charge in [-0.2, -0.15) is 0 Å². The predicted octanol–water partition coefficient (Wildman–Crippen LogP) is 3.16. The van der Waals surface area contributed by atoms with Crippen molar-refractivity contribution in [2.45, 2.75) is 33.7 Å². The van der Waals surface area contributed by atoms with E-state index < -0.39 is 0 Å². The minimum atomic E-state index is 0.472. The molecule has 0 spiro atoms. The van der Waals surface area contributed by atoms with Gasteiger partial charge in [0.05, 0.1) is 12.8 Å². The molecule has 0 atom stereocenters. The van der Waals surface area contributed by atoms with E-state index >= 15 is 0 Å². The van der Waals surface area contributed by atoms with Gasteiger partial charge in [-0.3, -0.25) is 0 Å². The molecular weight excluding hydrogens is 186 g/mol. The van der Waals surface area contributed by atoms with Gasteiger partial charge in [-0.05, 0) is 44.9 Å².